The number of alkyl halides is 1. The number of carbonyl (C=O) groups excluding carboxylic acids is 1. The average Bonchev–Trinajstić information content (AvgIpc) is 2.17. The highest BCUT2D eigenvalue weighted by Crippen LogP contribution is 2.21. The fourth-order valence-electron chi connectivity index (χ4n) is 0.871. The monoisotopic (exact) mass is 202 g/mol. The molecule has 0 unspecified atom stereocenters. The van der Waals surface area contributed by atoms with E-state index >= 15 is 0 Å². The number of benzene rings is 1. The summed E-state index contributed by atoms with van der Waals surface area (Å²) in [7, 11) is 1.25. The Labute approximate surface area is 80.3 Å². The third kappa shape index (κ3) is 2.42. The molecule has 1 aromatic rings. The second-order valence-electron chi connectivity index (χ2n) is 2.44. The molecule has 4 heteroatoms. The van der Waals surface area contributed by atoms with Gasteiger partial charge < -0.3 is 4.74 Å². The molecular formula is C9H8ClFO2. The zero-order valence-electron chi connectivity index (χ0n) is 6.96. The van der Waals surface area contributed by atoms with Crippen LogP contribution in [0.25, 0.3) is 0 Å². The summed E-state index contributed by atoms with van der Waals surface area (Å²) in [5.41, 5.74) is 0.523. The fourth-order valence-corrected chi connectivity index (χ4v) is 1.11. The second kappa shape index (κ2) is 4.23. The zero-order chi connectivity index (χ0) is 9.84. The van der Waals surface area contributed by atoms with Crippen molar-refractivity contribution in [3.05, 3.63) is 35.6 Å². The van der Waals surface area contributed by atoms with E-state index in [1.807, 2.05) is 0 Å². The smallest absolute Gasteiger partial charge is 0.328 e. The van der Waals surface area contributed by atoms with Crippen molar-refractivity contribution >= 4 is 17.6 Å². The molecule has 0 aliphatic rings. The molecule has 0 aliphatic heterocycles. The number of esters is 1. The summed E-state index contributed by atoms with van der Waals surface area (Å²) in [5.74, 6) is -0.911. The standard InChI is InChI=1S/C9H8ClFO2/c1-13-9(12)8(10)6-2-4-7(11)5-3-6/h2-5,8H,1H3/t8-/m1/s1. The average molecular weight is 203 g/mol. The normalized spacial score (nSPS) is 12.2. The number of rotatable bonds is 2. The lowest BCUT2D eigenvalue weighted by atomic mass is 10.1. The van der Waals surface area contributed by atoms with Gasteiger partial charge in [-0.15, -0.1) is 11.6 Å². The van der Waals surface area contributed by atoms with Gasteiger partial charge in [-0.3, -0.25) is 4.79 Å². The van der Waals surface area contributed by atoms with Crippen LogP contribution < -0.4 is 0 Å². The van der Waals surface area contributed by atoms with Crippen molar-refractivity contribution in [3.63, 3.8) is 0 Å². The van der Waals surface area contributed by atoms with E-state index in [0.29, 0.717) is 5.56 Å². The first-order valence-corrected chi connectivity index (χ1v) is 4.06. The van der Waals surface area contributed by atoms with Crippen molar-refractivity contribution in [2.24, 2.45) is 0 Å². The molecule has 0 radical (unpaired) electrons. The molecule has 70 valence electrons. The van der Waals surface area contributed by atoms with Crippen molar-refractivity contribution < 1.29 is 13.9 Å². The molecule has 13 heavy (non-hydrogen) atoms. The van der Waals surface area contributed by atoms with E-state index in [1.165, 1.54) is 31.4 Å². The van der Waals surface area contributed by atoms with Crippen molar-refractivity contribution in [2.45, 2.75) is 5.38 Å². The van der Waals surface area contributed by atoms with Crippen LogP contribution in [0.2, 0.25) is 0 Å². The Kier molecular flexibility index (Phi) is 3.25. The summed E-state index contributed by atoms with van der Waals surface area (Å²) < 4.78 is 16.9. The van der Waals surface area contributed by atoms with Crippen LogP contribution in [0.3, 0.4) is 0 Å². The highest BCUT2D eigenvalue weighted by Gasteiger charge is 2.17. The fraction of sp³-hybridized carbons (Fsp3) is 0.222. The van der Waals surface area contributed by atoms with E-state index in [-0.39, 0.29) is 5.82 Å². The molecule has 0 amide bonds. The zero-order valence-corrected chi connectivity index (χ0v) is 7.72. The summed E-state index contributed by atoms with van der Waals surface area (Å²) in [6, 6.07) is 5.38. The highest BCUT2D eigenvalue weighted by molar-refractivity contribution is 6.29. The molecule has 1 atom stereocenters. The SMILES string of the molecule is COC(=O)[C@H](Cl)c1ccc(F)cc1. The maximum atomic E-state index is 12.5. The van der Waals surface area contributed by atoms with Gasteiger partial charge in [-0.05, 0) is 17.7 Å². The topological polar surface area (TPSA) is 26.3 Å². The summed E-state index contributed by atoms with van der Waals surface area (Å²) in [4.78, 5) is 10.9. The van der Waals surface area contributed by atoms with Crippen LogP contribution in [0.5, 0.6) is 0 Å². The highest BCUT2D eigenvalue weighted by atomic mass is 35.5. The number of hydrogen-bond donors (Lipinski definition) is 0. The molecule has 0 fully saturated rings. The van der Waals surface area contributed by atoms with E-state index in [1.54, 1.807) is 0 Å². The Morgan fingerprint density at radius 2 is 2.00 bits per heavy atom. The lowest BCUT2D eigenvalue weighted by Crippen LogP contribution is -2.08. The molecular weight excluding hydrogens is 195 g/mol. The first-order valence-electron chi connectivity index (χ1n) is 3.62. The van der Waals surface area contributed by atoms with Gasteiger partial charge in [0.1, 0.15) is 5.82 Å². The molecule has 2 nitrogen and oxygen atoms in total. The number of hydrogen-bond acceptors (Lipinski definition) is 2. The summed E-state index contributed by atoms with van der Waals surface area (Å²) in [6.45, 7) is 0. The first-order chi connectivity index (χ1) is 6.15. The van der Waals surface area contributed by atoms with Gasteiger partial charge in [-0.1, -0.05) is 12.1 Å². The lowest BCUT2D eigenvalue weighted by molar-refractivity contribution is -0.140. The first kappa shape index (κ1) is 9.99. The van der Waals surface area contributed by atoms with E-state index in [0.717, 1.165) is 0 Å². The van der Waals surface area contributed by atoms with Gasteiger partial charge in [0.2, 0.25) is 0 Å². The predicted molar refractivity (Wildman–Crippen MR) is 47.0 cm³/mol. The van der Waals surface area contributed by atoms with Crippen LogP contribution in [-0.2, 0) is 9.53 Å². The summed E-state index contributed by atoms with van der Waals surface area (Å²) in [6.07, 6.45) is 0. The number of carbonyl (C=O) groups is 1. The molecule has 0 saturated heterocycles. The third-order valence-corrected chi connectivity index (χ3v) is 2.00. The predicted octanol–water partition coefficient (Wildman–Crippen LogP) is 2.28. The molecule has 0 saturated carbocycles. The van der Waals surface area contributed by atoms with Crippen LogP contribution in [0.15, 0.2) is 24.3 Å². The van der Waals surface area contributed by atoms with Crippen molar-refractivity contribution in [1.82, 2.24) is 0 Å². The van der Waals surface area contributed by atoms with Gasteiger partial charge in [0, 0.05) is 0 Å². The van der Waals surface area contributed by atoms with Crippen LogP contribution >= 0.6 is 11.6 Å². The maximum absolute atomic E-state index is 12.5. The van der Waals surface area contributed by atoms with Gasteiger partial charge in [-0.25, -0.2) is 4.39 Å². The molecule has 0 N–H and O–H groups in total. The third-order valence-electron chi connectivity index (χ3n) is 1.57. The van der Waals surface area contributed by atoms with Crippen LogP contribution in [0.1, 0.15) is 10.9 Å². The quantitative estimate of drug-likeness (QED) is 0.543. The molecule has 0 bridgehead atoms. The number of ether oxygens (including phenoxy) is 1. The van der Waals surface area contributed by atoms with Crippen LogP contribution in [-0.4, -0.2) is 13.1 Å². The molecule has 0 aliphatic carbocycles. The Morgan fingerprint density at radius 3 is 2.46 bits per heavy atom. The maximum Gasteiger partial charge on any atom is 0.328 e. The molecule has 0 heterocycles. The van der Waals surface area contributed by atoms with Crippen LogP contribution in [0.4, 0.5) is 4.39 Å². The molecule has 1 rings (SSSR count). The van der Waals surface area contributed by atoms with Gasteiger partial charge in [0.15, 0.2) is 5.38 Å². The van der Waals surface area contributed by atoms with E-state index in [9.17, 15) is 9.18 Å². The minimum atomic E-state index is -0.870. The minimum absolute atomic E-state index is 0.363. The second-order valence-corrected chi connectivity index (χ2v) is 2.87. The van der Waals surface area contributed by atoms with E-state index < -0.39 is 11.3 Å². The van der Waals surface area contributed by atoms with Gasteiger partial charge in [0.25, 0.3) is 0 Å². The Bertz CT molecular complexity index is 297. The molecule has 0 spiro atoms. The van der Waals surface area contributed by atoms with Crippen LogP contribution in [0, 0.1) is 5.82 Å². The Balaban J connectivity index is 2.83. The number of methoxy groups -OCH3 is 1. The summed E-state index contributed by atoms with van der Waals surface area (Å²) in [5, 5.41) is -0.870. The number of halogens is 2. The summed E-state index contributed by atoms with van der Waals surface area (Å²) >= 11 is 5.71. The van der Waals surface area contributed by atoms with Gasteiger partial charge in [-0.2, -0.15) is 0 Å². The minimum Gasteiger partial charge on any atom is -0.468 e. The van der Waals surface area contributed by atoms with Crippen molar-refractivity contribution in [2.75, 3.05) is 7.11 Å². The Hall–Kier alpha value is -1.09. The molecule has 1 aromatic carbocycles. The van der Waals surface area contributed by atoms with E-state index in [2.05, 4.69) is 4.74 Å². The Morgan fingerprint density at radius 1 is 1.46 bits per heavy atom. The lowest BCUT2D eigenvalue weighted by Gasteiger charge is -2.06. The van der Waals surface area contributed by atoms with Crippen molar-refractivity contribution in [1.29, 1.82) is 0 Å². The van der Waals surface area contributed by atoms with E-state index in [4.69, 9.17) is 11.6 Å². The molecule has 0 aromatic heterocycles. The largest absolute Gasteiger partial charge is 0.468 e. The van der Waals surface area contributed by atoms with Crippen molar-refractivity contribution in [3.8, 4) is 0 Å². The van der Waals surface area contributed by atoms with Gasteiger partial charge >= 0.3 is 5.97 Å². The van der Waals surface area contributed by atoms with Gasteiger partial charge in [0.05, 0.1) is 7.11 Å².